The monoisotopic (exact) mass is 253 g/mol. The molecule has 2 N–H and O–H groups in total. The minimum absolute atomic E-state index is 0.118. The molecule has 0 aromatic carbocycles. The molecule has 0 unspecified atom stereocenters. The minimum atomic E-state index is -0.528. The van der Waals surface area contributed by atoms with Gasteiger partial charge in [0.05, 0.1) is 12.3 Å². The predicted octanol–water partition coefficient (Wildman–Crippen LogP) is 2.20. The first-order valence-corrected chi connectivity index (χ1v) is 6.02. The van der Waals surface area contributed by atoms with E-state index < -0.39 is 4.92 Å². The molecule has 0 bridgehead atoms. The van der Waals surface area contributed by atoms with Crippen LogP contribution in [-0.2, 0) is 0 Å². The third-order valence-corrected chi connectivity index (χ3v) is 3.44. The number of aliphatic hydroxyl groups excluding tert-OH is 1. The number of hydrogen-bond donors (Lipinski definition) is 2. The normalized spacial score (nSPS) is 11.3. The summed E-state index contributed by atoms with van der Waals surface area (Å²) in [6, 6.07) is 2.99. The lowest BCUT2D eigenvalue weighted by molar-refractivity contribution is -0.389. The molecule has 0 amide bonds. The SMILES string of the molecule is CCC(CC)(CO)CNc1ccc([N+](=O)[O-])nc1. The van der Waals surface area contributed by atoms with E-state index in [0.29, 0.717) is 6.54 Å². The van der Waals surface area contributed by atoms with Crippen molar-refractivity contribution in [1.29, 1.82) is 0 Å². The molecule has 1 rings (SSSR count). The highest BCUT2D eigenvalue weighted by Gasteiger charge is 2.25. The molecule has 18 heavy (non-hydrogen) atoms. The average molecular weight is 253 g/mol. The highest BCUT2D eigenvalue weighted by atomic mass is 16.6. The number of hydrogen-bond acceptors (Lipinski definition) is 5. The number of rotatable bonds is 7. The average Bonchev–Trinajstić information content (AvgIpc) is 2.41. The summed E-state index contributed by atoms with van der Waals surface area (Å²) in [6.45, 7) is 4.81. The molecule has 0 aliphatic rings. The zero-order chi connectivity index (χ0) is 13.6. The van der Waals surface area contributed by atoms with Crippen LogP contribution in [0.1, 0.15) is 26.7 Å². The van der Waals surface area contributed by atoms with Crippen molar-refractivity contribution in [2.24, 2.45) is 5.41 Å². The predicted molar refractivity (Wildman–Crippen MR) is 69.5 cm³/mol. The quantitative estimate of drug-likeness (QED) is 0.574. The van der Waals surface area contributed by atoms with Crippen LogP contribution in [0.3, 0.4) is 0 Å². The van der Waals surface area contributed by atoms with E-state index in [1.807, 2.05) is 13.8 Å². The molecule has 0 aliphatic carbocycles. The van der Waals surface area contributed by atoms with Crippen LogP contribution in [0.15, 0.2) is 18.3 Å². The number of nitrogens with one attached hydrogen (secondary N) is 1. The van der Waals surface area contributed by atoms with Gasteiger partial charge in [-0.15, -0.1) is 0 Å². The van der Waals surface area contributed by atoms with Crippen LogP contribution < -0.4 is 5.32 Å². The Hall–Kier alpha value is -1.69. The van der Waals surface area contributed by atoms with Crippen LogP contribution in [0.5, 0.6) is 0 Å². The van der Waals surface area contributed by atoms with Crippen molar-refractivity contribution in [3.63, 3.8) is 0 Å². The molecule has 1 aromatic heterocycles. The van der Waals surface area contributed by atoms with Gasteiger partial charge >= 0.3 is 5.82 Å². The second-order valence-corrected chi connectivity index (χ2v) is 4.38. The van der Waals surface area contributed by atoms with E-state index in [1.54, 1.807) is 6.07 Å². The van der Waals surface area contributed by atoms with Gasteiger partial charge in [0.1, 0.15) is 0 Å². The van der Waals surface area contributed by atoms with Gasteiger partial charge in [0, 0.05) is 18.0 Å². The molecule has 0 atom stereocenters. The summed E-state index contributed by atoms with van der Waals surface area (Å²) in [5, 5.41) is 23.0. The molecule has 6 nitrogen and oxygen atoms in total. The molecule has 100 valence electrons. The lowest BCUT2D eigenvalue weighted by Crippen LogP contribution is -2.32. The van der Waals surface area contributed by atoms with E-state index in [0.717, 1.165) is 18.5 Å². The maximum absolute atomic E-state index is 10.5. The van der Waals surface area contributed by atoms with Crippen LogP contribution in [0, 0.1) is 15.5 Å². The van der Waals surface area contributed by atoms with Gasteiger partial charge in [-0.1, -0.05) is 13.8 Å². The highest BCUT2D eigenvalue weighted by Crippen LogP contribution is 2.26. The summed E-state index contributed by atoms with van der Waals surface area (Å²) >= 11 is 0. The fourth-order valence-corrected chi connectivity index (χ4v) is 1.67. The number of aromatic nitrogens is 1. The molecule has 0 aliphatic heterocycles. The van der Waals surface area contributed by atoms with Crippen LogP contribution >= 0.6 is 0 Å². The number of nitrogens with zero attached hydrogens (tertiary/aromatic N) is 2. The Labute approximate surface area is 106 Å². The number of anilines is 1. The molecule has 0 fully saturated rings. The highest BCUT2D eigenvalue weighted by molar-refractivity contribution is 5.43. The third-order valence-electron chi connectivity index (χ3n) is 3.44. The van der Waals surface area contributed by atoms with E-state index in [-0.39, 0.29) is 17.8 Å². The molecular formula is C12H19N3O3. The second-order valence-electron chi connectivity index (χ2n) is 4.38. The summed E-state index contributed by atoms with van der Waals surface area (Å²) in [5.41, 5.74) is 0.572. The van der Waals surface area contributed by atoms with E-state index in [1.165, 1.54) is 12.3 Å². The van der Waals surface area contributed by atoms with Crippen molar-refractivity contribution in [3.8, 4) is 0 Å². The van der Waals surface area contributed by atoms with Gasteiger partial charge in [-0.2, -0.15) is 0 Å². The van der Waals surface area contributed by atoms with Crippen molar-refractivity contribution in [2.45, 2.75) is 26.7 Å². The third kappa shape index (κ3) is 3.40. The van der Waals surface area contributed by atoms with Crippen molar-refractivity contribution >= 4 is 11.5 Å². The lowest BCUT2D eigenvalue weighted by Gasteiger charge is -2.29. The fourth-order valence-electron chi connectivity index (χ4n) is 1.67. The number of aliphatic hydroxyl groups is 1. The van der Waals surface area contributed by atoms with Gasteiger partial charge in [0.15, 0.2) is 6.20 Å². The number of pyridine rings is 1. The van der Waals surface area contributed by atoms with Crippen LogP contribution in [-0.4, -0.2) is 28.2 Å². The van der Waals surface area contributed by atoms with Gasteiger partial charge in [0.25, 0.3) is 0 Å². The molecule has 0 radical (unpaired) electrons. The van der Waals surface area contributed by atoms with Crippen LogP contribution in [0.4, 0.5) is 11.5 Å². The smallest absolute Gasteiger partial charge is 0.363 e. The van der Waals surface area contributed by atoms with Gasteiger partial charge in [-0.25, -0.2) is 0 Å². The first kappa shape index (κ1) is 14.4. The maximum Gasteiger partial charge on any atom is 0.363 e. The van der Waals surface area contributed by atoms with Crippen LogP contribution in [0.2, 0.25) is 0 Å². The van der Waals surface area contributed by atoms with E-state index in [9.17, 15) is 15.2 Å². The molecule has 0 spiro atoms. The summed E-state index contributed by atoms with van der Waals surface area (Å²) in [4.78, 5) is 13.7. The first-order valence-electron chi connectivity index (χ1n) is 6.02. The second kappa shape index (κ2) is 6.30. The minimum Gasteiger partial charge on any atom is -0.396 e. The molecule has 0 saturated heterocycles. The fraction of sp³-hybridized carbons (Fsp3) is 0.583. The van der Waals surface area contributed by atoms with Crippen LogP contribution in [0.25, 0.3) is 0 Å². The first-order chi connectivity index (χ1) is 8.56. The largest absolute Gasteiger partial charge is 0.396 e. The Morgan fingerprint density at radius 2 is 2.11 bits per heavy atom. The Bertz CT molecular complexity index is 380. The molecule has 0 saturated carbocycles. The zero-order valence-corrected chi connectivity index (χ0v) is 10.7. The molecular weight excluding hydrogens is 234 g/mol. The standard InChI is InChI=1S/C12H19N3O3/c1-3-12(4-2,9-16)8-14-10-5-6-11(13-7-10)15(17)18/h5-7,14,16H,3-4,8-9H2,1-2H3. The Kier molecular flexibility index (Phi) is 5.03. The summed E-state index contributed by atoms with van der Waals surface area (Å²) < 4.78 is 0. The lowest BCUT2D eigenvalue weighted by atomic mass is 9.83. The van der Waals surface area contributed by atoms with Gasteiger partial charge < -0.3 is 20.5 Å². The molecule has 1 aromatic rings. The Balaban J connectivity index is 2.65. The van der Waals surface area contributed by atoms with Crippen molar-refractivity contribution < 1.29 is 10.0 Å². The summed E-state index contributed by atoms with van der Waals surface area (Å²) in [6.07, 6.45) is 3.17. The molecule has 1 heterocycles. The van der Waals surface area contributed by atoms with Crippen molar-refractivity contribution in [3.05, 3.63) is 28.4 Å². The van der Waals surface area contributed by atoms with Gasteiger partial charge in [-0.05, 0) is 28.8 Å². The van der Waals surface area contributed by atoms with Gasteiger partial charge in [0.2, 0.25) is 0 Å². The van der Waals surface area contributed by atoms with E-state index in [4.69, 9.17) is 0 Å². The van der Waals surface area contributed by atoms with Gasteiger partial charge in [-0.3, -0.25) is 0 Å². The Morgan fingerprint density at radius 1 is 1.44 bits per heavy atom. The maximum atomic E-state index is 10.5. The zero-order valence-electron chi connectivity index (χ0n) is 10.7. The van der Waals surface area contributed by atoms with Crippen molar-refractivity contribution in [1.82, 2.24) is 4.98 Å². The topological polar surface area (TPSA) is 88.3 Å². The number of nitro groups is 1. The van der Waals surface area contributed by atoms with E-state index in [2.05, 4.69) is 10.3 Å². The Morgan fingerprint density at radius 3 is 2.50 bits per heavy atom. The summed E-state index contributed by atoms with van der Waals surface area (Å²) in [7, 11) is 0. The summed E-state index contributed by atoms with van der Waals surface area (Å²) in [5.74, 6) is -0.167. The van der Waals surface area contributed by atoms with Crippen molar-refractivity contribution in [2.75, 3.05) is 18.5 Å². The molecule has 6 heteroatoms. The van der Waals surface area contributed by atoms with E-state index >= 15 is 0 Å².